The topological polar surface area (TPSA) is 83.4 Å². The van der Waals surface area contributed by atoms with E-state index in [0.29, 0.717) is 59.5 Å². The smallest absolute Gasteiger partial charge is 0.416 e. The van der Waals surface area contributed by atoms with Crippen molar-refractivity contribution in [3.8, 4) is 11.3 Å². The van der Waals surface area contributed by atoms with Crippen LogP contribution in [0.4, 0.5) is 13.2 Å². The van der Waals surface area contributed by atoms with Crippen LogP contribution >= 0.6 is 0 Å². The van der Waals surface area contributed by atoms with Gasteiger partial charge in [-0.3, -0.25) is 9.59 Å². The average Bonchev–Trinajstić information content (AvgIpc) is 3.45. The van der Waals surface area contributed by atoms with E-state index in [1.807, 2.05) is 30.0 Å². The number of carbonyl (C=O) groups is 2. The molecule has 1 aliphatic rings. The van der Waals surface area contributed by atoms with E-state index < -0.39 is 17.7 Å². The SMILES string of the molecule is CC(CCc1nc2cc(C(=O)N3CC[C@H](c4ccccc4)C3)ccc2nc1-c1ccc(C(F)(F)F)cc1)CC(=O)O. The zero-order valence-corrected chi connectivity index (χ0v) is 22.6. The third kappa shape index (κ3) is 6.56. The molecule has 1 amide bonds. The molecular weight excluding hydrogens is 531 g/mol. The molecule has 0 radical (unpaired) electrons. The lowest BCUT2D eigenvalue weighted by Crippen LogP contribution is -2.28. The van der Waals surface area contributed by atoms with Crippen LogP contribution in [-0.4, -0.2) is 44.9 Å². The maximum atomic E-state index is 13.4. The van der Waals surface area contributed by atoms with Crippen molar-refractivity contribution in [2.45, 2.75) is 44.7 Å². The fourth-order valence-corrected chi connectivity index (χ4v) is 5.35. The first-order valence-electron chi connectivity index (χ1n) is 13.6. The van der Waals surface area contributed by atoms with Crippen LogP contribution in [0.5, 0.6) is 0 Å². The first kappa shape index (κ1) is 28.3. The molecule has 4 aromatic rings. The van der Waals surface area contributed by atoms with Gasteiger partial charge in [0.05, 0.1) is 28.0 Å². The molecule has 0 spiro atoms. The predicted molar refractivity (Wildman–Crippen MR) is 149 cm³/mol. The molecule has 0 aliphatic carbocycles. The third-order valence-corrected chi connectivity index (χ3v) is 7.61. The Morgan fingerprint density at radius 3 is 2.41 bits per heavy atom. The minimum atomic E-state index is -4.46. The van der Waals surface area contributed by atoms with Gasteiger partial charge in [-0.2, -0.15) is 13.2 Å². The van der Waals surface area contributed by atoms with E-state index in [1.54, 1.807) is 18.2 Å². The minimum absolute atomic E-state index is 0.00488. The van der Waals surface area contributed by atoms with Crippen molar-refractivity contribution in [3.63, 3.8) is 0 Å². The highest BCUT2D eigenvalue weighted by molar-refractivity contribution is 5.97. The van der Waals surface area contributed by atoms with E-state index >= 15 is 0 Å². The van der Waals surface area contributed by atoms with Crippen LogP contribution in [0.2, 0.25) is 0 Å². The lowest BCUT2D eigenvalue weighted by Gasteiger charge is -2.17. The van der Waals surface area contributed by atoms with Gasteiger partial charge in [-0.15, -0.1) is 0 Å². The number of nitrogens with zero attached hydrogens (tertiary/aromatic N) is 3. The number of hydrogen-bond acceptors (Lipinski definition) is 4. The second kappa shape index (κ2) is 11.7. The highest BCUT2D eigenvalue weighted by Crippen LogP contribution is 2.33. The molecule has 1 saturated heterocycles. The fraction of sp³-hybridized carbons (Fsp3) is 0.312. The van der Waals surface area contributed by atoms with Gasteiger partial charge in [-0.25, -0.2) is 9.97 Å². The normalized spacial score (nSPS) is 16.2. The second-order valence-corrected chi connectivity index (χ2v) is 10.7. The molecule has 41 heavy (non-hydrogen) atoms. The number of hydrogen-bond donors (Lipinski definition) is 1. The van der Waals surface area contributed by atoms with Crippen molar-refractivity contribution in [2.24, 2.45) is 5.92 Å². The molecule has 6 nitrogen and oxygen atoms in total. The van der Waals surface area contributed by atoms with Gasteiger partial charge in [-0.1, -0.05) is 49.4 Å². The number of carboxylic acids is 1. The number of aliphatic carboxylic acids is 1. The molecule has 5 rings (SSSR count). The molecule has 1 fully saturated rings. The summed E-state index contributed by atoms with van der Waals surface area (Å²) in [6.07, 6.45) is -2.68. The summed E-state index contributed by atoms with van der Waals surface area (Å²) in [6, 6.07) is 20.0. The van der Waals surface area contributed by atoms with Gasteiger partial charge in [0.2, 0.25) is 0 Å². The van der Waals surface area contributed by atoms with Crippen LogP contribution in [0.15, 0.2) is 72.8 Å². The van der Waals surface area contributed by atoms with Crippen LogP contribution in [0.3, 0.4) is 0 Å². The number of benzene rings is 3. The summed E-state index contributed by atoms with van der Waals surface area (Å²) >= 11 is 0. The average molecular weight is 562 g/mol. The van der Waals surface area contributed by atoms with E-state index in [0.717, 1.165) is 18.6 Å². The second-order valence-electron chi connectivity index (χ2n) is 10.7. The standard InChI is InChI=1S/C32H30F3N3O3/c1-20(17-29(39)40)7-13-27-30(22-8-11-25(12-9-22)32(33,34)35)37-26-14-10-23(18-28(26)36-27)31(41)38-16-15-24(19-38)21-5-3-2-4-6-21/h2-6,8-12,14,18,20,24H,7,13,15-17,19H2,1H3,(H,39,40)/t20?,24-/m0/s1. The molecule has 0 bridgehead atoms. The Labute approximate surface area is 235 Å². The molecule has 212 valence electrons. The number of amides is 1. The minimum Gasteiger partial charge on any atom is -0.481 e. The zero-order valence-electron chi connectivity index (χ0n) is 22.6. The Hall–Kier alpha value is -4.27. The lowest BCUT2D eigenvalue weighted by molar-refractivity contribution is -0.138. The Morgan fingerprint density at radius 2 is 1.73 bits per heavy atom. The predicted octanol–water partition coefficient (Wildman–Crippen LogP) is 6.99. The highest BCUT2D eigenvalue weighted by Gasteiger charge is 2.30. The van der Waals surface area contributed by atoms with E-state index in [9.17, 15) is 22.8 Å². The number of fused-ring (bicyclic) bond motifs is 1. The number of carboxylic acid groups (broad SMARTS) is 1. The Kier molecular flexibility index (Phi) is 8.06. The number of likely N-dealkylation sites (tertiary alicyclic amines) is 1. The molecule has 0 saturated carbocycles. The van der Waals surface area contributed by atoms with E-state index in [4.69, 9.17) is 15.1 Å². The zero-order chi connectivity index (χ0) is 29.1. The first-order chi connectivity index (χ1) is 19.6. The van der Waals surface area contributed by atoms with Gasteiger partial charge in [0.1, 0.15) is 0 Å². The summed E-state index contributed by atoms with van der Waals surface area (Å²) in [5.74, 6) is -0.836. The molecular formula is C32H30F3N3O3. The van der Waals surface area contributed by atoms with Gasteiger partial charge < -0.3 is 10.0 Å². The molecule has 9 heteroatoms. The summed E-state index contributed by atoms with van der Waals surface area (Å²) in [4.78, 5) is 35.9. The monoisotopic (exact) mass is 561 g/mol. The van der Waals surface area contributed by atoms with Crippen LogP contribution in [0, 0.1) is 5.92 Å². The summed E-state index contributed by atoms with van der Waals surface area (Å²) in [5, 5.41) is 9.14. The van der Waals surface area contributed by atoms with Crippen LogP contribution in [0.25, 0.3) is 22.3 Å². The number of alkyl halides is 3. The largest absolute Gasteiger partial charge is 0.481 e. The molecule has 2 heterocycles. The quantitative estimate of drug-likeness (QED) is 0.251. The first-order valence-corrected chi connectivity index (χ1v) is 13.6. The Morgan fingerprint density at radius 1 is 1.00 bits per heavy atom. The maximum absolute atomic E-state index is 13.4. The van der Waals surface area contributed by atoms with E-state index in [-0.39, 0.29) is 24.2 Å². The van der Waals surface area contributed by atoms with Crippen molar-refractivity contribution in [2.75, 3.05) is 13.1 Å². The molecule has 1 aromatic heterocycles. The Balaban J connectivity index is 1.44. The van der Waals surface area contributed by atoms with Gasteiger partial charge in [-0.05, 0) is 61.1 Å². The number of rotatable bonds is 8. The van der Waals surface area contributed by atoms with Gasteiger partial charge in [0, 0.05) is 36.6 Å². The molecule has 1 unspecified atom stereocenters. The lowest BCUT2D eigenvalue weighted by atomic mass is 9.97. The summed E-state index contributed by atoms with van der Waals surface area (Å²) in [7, 11) is 0. The van der Waals surface area contributed by atoms with Crippen LogP contribution in [0.1, 0.15) is 59.3 Å². The molecule has 2 atom stereocenters. The molecule has 1 aliphatic heterocycles. The van der Waals surface area contributed by atoms with Crippen molar-refractivity contribution in [3.05, 3.63) is 95.2 Å². The van der Waals surface area contributed by atoms with Crippen molar-refractivity contribution < 1.29 is 27.9 Å². The molecule has 1 N–H and O–H groups in total. The van der Waals surface area contributed by atoms with Crippen molar-refractivity contribution in [1.82, 2.24) is 14.9 Å². The number of carbonyl (C=O) groups excluding carboxylic acids is 1. The van der Waals surface area contributed by atoms with Crippen LogP contribution in [-0.2, 0) is 17.4 Å². The number of aryl methyl sites for hydroxylation is 1. The van der Waals surface area contributed by atoms with Crippen LogP contribution < -0.4 is 0 Å². The maximum Gasteiger partial charge on any atom is 0.416 e. The van der Waals surface area contributed by atoms with Gasteiger partial charge in [0.25, 0.3) is 5.91 Å². The van der Waals surface area contributed by atoms with Gasteiger partial charge in [0.15, 0.2) is 0 Å². The summed E-state index contributed by atoms with van der Waals surface area (Å²) in [6.45, 7) is 3.11. The Bertz CT molecular complexity index is 1560. The van der Waals surface area contributed by atoms with Gasteiger partial charge >= 0.3 is 12.1 Å². The molecule has 3 aromatic carbocycles. The third-order valence-electron chi connectivity index (χ3n) is 7.61. The summed E-state index contributed by atoms with van der Waals surface area (Å²) < 4.78 is 39.4. The number of halogens is 3. The highest BCUT2D eigenvalue weighted by atomic mass is 19.4. The number of aromatic nitrogens is 2. The summed E-state index contributed by atoms with van der Waals surface area (Å²) in [5.41, 5.74) is 3.44. The van der Waals surface area contributed by atoms with Crippen molar-refractivity contribution >= 4 is 22.9 Å². The van der Waals surface area contributed by atoms with E-state index in [1.165, 1.54) is 17.7 Å². The van der Waals surface area contributed by atoms with Crippen molar-refractivity contribution in [1.29, 1.82) is 0 Å². The van der Waals surface area contributed by atoms with E-state index in [2.05, 4.69) is 12.1 Å². The fourth-order valence-electron chi connectivity index (χ4n) is 5.35.